The van der Waals surface area contributed by atoms with E-state index in [1.165, 1.54) is 0 Å². The lowest BCUT2D eigenvalue weighted by molar-refractivity contribution is 0.242. The Balaban J connectivity index is 1.72. The van der Waals surface area contributed by atoms with Gasteiger partial charge >= 0.3 is 0 Å². The highest BCUT2D eigenvalue weighted by Crippen LogP contribution is 2.17. The minimum atomic E-state index is 0.197. The quantitative estimate of drug-likeness (QED) is 0.733. The van der Waals surface area contributed by atoms with Crippen LogP contribution in [0.25, 0.3) is 0 Å². The second kappa shape index (κ2) is 7.93. The standard InChI is InChI=1S/C17H20BrNO2/c1-13(2)21-17-9-5-15(6-10-17)19-11-12-20-16-7-3-14(18)4-8-16/h3-10,13,19H,11-12H2,1-2H3. The molecule has 0 aliphatic carbocycles. The molecule has 21 heavy (non-hydrogen) atoms. The van der Waals surface area contributed by atoms with E-state index in [1.54, 1.807) is 0 Å². The first-order valence-corrected chi connectivity index (χ1v) is 7.82. The molecule has 0 saturated carbocycles. The van der Waals surface area contributed by atoms with Crippen molar-refractivity contribution in [2.75, 3.05) is 18.5 Å². The molecule has 0 bridgehead atoms. The molecule has 0 radical (unpaired) electrons. The van der Waals surface area contributed by atoms with E-state index >= 15 is 0 Å². The number of benzene rings is 2. The Morgan fingerprint density at radius 2 is 1.57 bits per heavy atom. The summed E-state index contributed by atoms with van der Waals surface area (Å²) in [6.45, 7) is 5.41. The van der Waals surface area contributed by atoms with Crippen LogP contribution in [-0.2, 0) is 0 Å². The summed E-state index contributed by atoms with van der Waals surface area (Å²) in [5, 5.41) is 3.32. The summed E-state index contributed by atoms with van der Waals surface area (Å²) in [5.74, 6) is 1.77. The van der Waals surface area contributed by atoms with Crippen molar-refractivity contribution in [2.45, 2.75) is 20.0 Å². The van der Waals surface area contributed by atoms with Crippen LogP contribution in [-0.4, -0.2) is 19.3 Å². The van der Waals surface area contributed by atoms with Gasteiger partial charge < -0.3 is 14.8 Å². The normalized spacial score (nSPS) is 10.5. The Bertz CT molecular complexity index is 538. The number of rotatable bonds is 7. The Morgan fingerprint density at radius 1 is 0.952 bits per heavy atom. The first-order chi connectivity index (χ1) is 10.1. The van der Waals surface area contributed by atoms with Gasteiger partial charge in [-0.25, -0.2) is 0 Å². The minimum Gasteiger partial charge on any atom is -0.492 e. The number of ether oxygens (including phenoxy) is 2. The number of halogens is 1. The van der Waals surface area contributed by atoms with Crippen LogP contribution in [0.4, 0.5) is 5.69 Å². The smallest absolute Gasteiger partial charge is 0.119 e. The summed E-state index contributed by atoms with van der Waals surface area (Å²) in [6, 6.07) is 15.8. The molecule has 112 valence electrons. The van der Waals surface area contributed by atoms with Gasteiger partial charge in [0.2, 0.25) is 0 Å². The van der Waals surface area contributed by atoms with Crippen LogP contribution in [0.15, 0.2) is 53.0 Å². The van der Waals surface area contributed by atoms with Gasteiger partial charge in [-0.2, -0.15) is 0 Å². The van der Waals surface area contributed by atoms with Crippen LogP contribution in [0.2, 0.25) is 0 Å². The molecule has 2 rings (SSSR count). The molecule has 0 saturated heterocycles. The van der Waals surface area contributed by atoms with E-state index in [0.717, 1.165) is 28.2 Å². The fraction of sp³-hybridized carbons (Fsp3) is 0.294. The highest BCUT2D eigenvalue weighted by atomic mass is 79.9. The van der Waals surface area contributed by atoms with E-state index < -0.39 is 0 Å². The first-order valence-electron chi connectivity index (χ1n) is 7.02. The Kier molecular flexibility index (Phi) is 5.93. The lowest BCUT2D eigenvalue weighted by Gasteiger charge is -2.11. The van der Waals surface area contributed by atoms with Crippen LogP contribution < -0.4 is 14.8 Å². The van der Waals surface area contributed by atoms with Gasteiger partial charge in [-0.15, -0.1) is 0 Å². The summed E-state index contributed by atoms with van der Waals surface area (Å²) < 4.78 is 12.3. The maximum Gasteiger partial charge on any atom is 0.119 e. The molecule has 0 fully saturated rings. The highest BCUT2D eigenvalue weighted by molar-refractivity contribution is 9.10. The Morgan fingerprint density at radius 3 is 2.19 bits per heavy atom. The fourth-order valence-corrected chi connectivity index (χ4v) is 2.08. The van der Waals surface area contributed by atoms with E-state index in [9.17, 15) is 0 Å². The van der Waals surface area contributed by atoms with E-state index in [0.29, 0.717) is 6.61 Å². The number of hydrogen-bond donors (Lipinski definition) is 1. The number of nitrogens with one attached hydrogen (secondary N) is 1. The third-order valence-corrected chi connectivity index (χ3v) is 3.27. The second-order valence-electron chi connectivity index (χ2n) is 4.92. The lowest BCUT2D eigenvalue weighted by atomic mass is 10.3. The second-order valence-corrected chi connectivity index (χ2v) is 5.84. The Hall–Kier alpha value is -1.68. The molecule has 4 heteroatoms. The molecule has 0 atom stereocenters. The zero-order valence-electron chi connectivity index (χ0n) is 12.3. The SMILES string of the molecule is CC(C)Oc1ccc(NCCOc2ccc(Br)cc2)cc1. The molecular weight excluding hydrogens is 330 g/mol. The van der Waals surface area contributed by atoms with Crippen molar-refractivity contribution in [1.82, 2.24) is 0 Å². The number of anilines is 1. The molecular formula is C17H20BrNO2. The van der Waals surface area contributed by atoms with E-state index in [1.807, 2.05) is 62.4 Å². The van der Waals surface area contributed by atoms with Crippen LogP contribution in [0.5, 0.6) is 11.5 Å². The minimum absolute atomic E-state index is 0.197. The third kappa shape index (κ3) is 5.68. The van der Waals surface area contributed by atoms with Crippen molar-refractivity contribution in [3.63, 3.8) is 0 Å². The van der Waals surface area contributed by atoms with Gasteiger partial charge in [0.1, 0.15) is 18.1 Å². The topological polar surface area (TPSA) is 30.5 Å². The fourth-order valence-electron chi connectivity index (χ4n) is 1.82. The average Bonchev–Trinajstić information content (AvgIpc) is 2.46. The van der Waals surface area contributed by atoms with Gasteiger partial charge in [0, 0.05) is 16.7 Å². The van der Waals surface area contributed by atoms with Gasteiger partial charge in [0.05, 0.1) is 6.10 Å². The monoisotopic (exact) mass is 349 g/mol. The maximum absolute atomic E-state index is 5.65. The van der Waals surface area contributed by atoms with Gasteiger partial charge in [0.25, 0.3) is 0 Å². The van der Waals surface area contributed by atoms with Crippen LogP contribution in [0.1, 0.15) is 13.8 Å². The molecule has 0 spiro atoms. The molecule has 3 nitrogen and oxygen atoms in total. The summed E-state index contributed by atoms with van der Waals surface area (Å²) in [6.07, 6.45) is 0.197. The summed E-state index contributed by atoms with van der Waals surface area (Å²) in [7, 11) is 0. The summed E-state index contributed by atoms with van der Waals surface area (Å²) in [5.41, 5.74) is 1.06. The zero-order chi connectivity index (χ0) is 15.1. The summed E-state index contributed by atoms with van der Waals surface area (Å²) >= 11 is 3.40. The predicted octanol–water partition coefficient (Wildman–Crippen LogP) is 4.73. The van der Waals surface area contributed by atoms with Gasteiger partial charge in [-0.3, -0.25) is 0 Å². The summed E-state index contributed by atoms with van der Waals surface area (Å²) in [4.78, 5) is 0. The maximum atomic E-state index is 5.65. The van der Waals surface area contributed by atoms with Gasteiger partial charge in [0.15, 0.2) is 0 Å². The molecule has 1 N–H and O–H groups in total. The van der Waals surface area contributed by atoms with E-state index in [-0.39, 0.29) is 6.10 Å². The lowest BCUT2D eigenvalue weighted by Crippen LogP contribution is -2.11. The third-order valence-electron chi connectivity index (χ3n) is 2.74. The van der Waals surface area contributed by atoms with Crippen molar-refractivity contribution >= 4 is 21.6 Å². The van der Waals surface area contributed by atoms with Gasteiger partial charge in [-0.1, -0.05) is 15.9 Å². The van der Waals surface area contributed by atoms with Crippen molar-refractivity contribution in [1.29, 1.82) is 0 Å². The largest absolute Gasteiger partial charge is 0.492 e. The molecule has 0 aromatic heterocycles. The predicted molar refractivity (Wildman–Crippen MR) is 90.3 cm³/mol. The number of hydrogen-bond acceptors (Lipinski definition) is 3. The zero-order valence-corrected chi connectivity index (χ0v) is 13.9. The molecule has 0 aliphatic rings. The van der Waals surface area contributed by atoms with Gasteiger partial charge in [-0.05, 0) is 62.4 Å². The van der Waals surface area contributed by atoms with E-state index in [4.69, 9.17) is 9.47 Å². The molecule has 0 aliphatic heterocycles. The van der Waals surface area contributed by atoms with Crippen LogP contribution >= 0.6 is 15.9 Å². The van der Waals surface area contributed by atoms with Crippen molar-refractivity contribution < 1.29 is 9.47 Å². The first kappa shape index (κ1) is 15.7. The van der Waals surface area contributed by atoms with E-state index in [2.05, 4.69) is 21.2 Å². The van der Waals surface area contributed by atoms with Crippen molar-refractivity contribution in [2.24, 2.45) is 0 Å². The van der Waals surface area contributed by atoms with Crippen LogP contribution in [0, 0.1) is 0 Å². The van der Waals surface area contributed by atoms with Crippen LogP contribution in [0.3, 0.4) is 0 Å². The highest BCUT2D eigenvalue weighted by Gasteiger charge is 1.98. The van der Waals surface area contributed by atoms with Crippen molar-refractivity contribution in [3.05, 3.63) is 53.0 Å². The molecule has 0 heterocycles. The molecule has 0 unspecified atom stereocenters. The average molecular weight is 350 g/mol. The Labute approximate surface area is 134 Å². The molecule has 0 amide bonds. The molecule has 2 aromatic carbocycles. The van der Waals surface area contributed by atoms with Crippen molar-refractivity contribution in [3.8, 4) is 11.5 Å². The molecule has 2 aromatic rings.